The van der Waals surface area contributed by atoms with Gasteiger partial charge in [-0.1, -0.05) is 13.8 Å². The van der Waals surface area contributed by atoms with E-state index in [4.69, 9.17) is 10.5 Å². The lowest BCUT2D eigenvalue weighted by molar-refractivity contribution is 0.340. The van der Waals surface area contributed by atoms with Crippen LogP contribution in [-0.4, -0.2) is 16.8 Å². The van der Waals surface area contributed by atoms with Gasteiger partial charge in [0.15, 0.2) is 0 Å². The number of hydrogen-bond donors (Lipinski definition) is 2. The highest BCUT2D eigenvalue weighted by Gasteiger charge is 2.13. The standard InChI is InChI=1S/C15H21N3O/c1-4-19-12-7-5-11(6-8-12)14-13(9-10(2)3)15(16)18-17-14/h5-8,10H,4,9H2,1-3H3,(H3,16,17,18). The Kier molecular flexibility index (Phi) is 4.10. The van der Waals surface area contributed by atoms with Crippen molar-refractivity contribution in [3.63, 3.8) is 0 Å². The van der Waals surface area contributed by atoms with Crippen LogP contribution >= 0.6 is 0 Å². The fourth-order valence-electron chi connectivity index (χ4n) is 2.12. The predicted octanol–water partition coefficient (Wildman–Crippen LogP) is 3.26. The summed E-state index contributed by atoms with van der Waals surface area (Å²) in [6.45, 7) is 7.00. The van der Waals surface area contributed by atoms with Crippen molar-refractivity contribution in [2.45, 2.75) is 27.2 Å². The third-order valence-corrected chi connectivity index (χ3v) is 2.97. The van der Waals surface area contributed by atoms with Crippen LogP contribution in [0.3, 0.4) is 0 Å². The minimum Gasteiger partial charge on any atom is -0.494 e. The van der Waals surface area contributed by atoms with Crippen LogP contribution in [-0.2, 0) is 6.42 Å². The fraction of sp³-hybridized carbons (Fsp3) is 0.400. The topological polar surface area (TPSA) is 63.9 Å². The lowest BCUT2D eigenvalue weighted by atomic mass is 9.99. The molecule has 1 heterocycles. The van der Waals surface area contributed by atoms with Crippen LogP contribution in [0.15, 0.2) is 24.3 Å². The molecule has 0 saturated heterocycles. The van der Waals surface area contributed by atoms with E-state index in [2.05, 4.69) is 24.0 Å². The number of aromatic nitrogens is 2. The molecule has 102 valence electrons. The molecule has 0 spiro atoms. The van der Waals surface area contributed by atoms with E-state index in [1.54, 1.807) is 0 Å². The van der Waals surface area contributed by atoms with Gasteiger partial charge in [-0.15, -0.1) is 0 Å². The van der Waals surface area contributed by atoms with Gasteiger partial charge in [0, 0.05) is 11.1 Å². The van der Waals surface area contributed by atoms with Crippen molar-refractivity contribution in [3.05, 3.63) is 29.8 Å². The first-order valence-corrected chi connectivity index (χ1v) is 6.67. The Hall–Kier alpha value is -1.97. The van der Waals surface area contributed by atoms with Gasteiger partial charge in [-0.3, -0.25) is 5.10 Å². The fourth-order valence-corrected chi connectivity index (χ4v) is 2.12. The average Bonchev–Trinajstić information content (AvgIpc) is 2.72. The number of aromatic amines is 1. The second kappa shape index (κ2) is 5.78. The molecule has 0 aliphatic rings. The van der Waals surface area contributed by atoms with Crippen molar-refractivity contribution in [2.24, 2.45) is 5.92 Å². The first-order valence-electron chi connectivity index (χ1n) is 6.67. The number of nitrogens with two attached hydrogens (primary N) is 1. The number of nitrogens with one attached hydrogen (secondary N) is 1. The molecule has 0 aliphatic carbocycles. The molecular weight excluding hydrogens is 238 g/mol. The quantitative estimate of drug-likeness (QED) is 0.866. The van der Waals surface area contributed by atoms with Gasteiger partial charge in [0.05, 0.1) is 12.3 Å². The van der Waals surface area contributed by atoms with E-state index in [0.717, 1.165) is 29.0 Å². The lowest BCUT2D eigenvalue weighted by Crippen LogP contribution is -1.99. The Bertz CT molecular complexity index is 529. The summed E-state index contributed by atoms with van der Waals surface area (Å²) in [7, 11) is 0. The molecule has 19 heavy (non-hydrogen) atoms. The highest BCUT2D eigenvalue weighted by molar-refractivity contribution is 5.68. The predicted molar refractivity (Wildman–Crippen MR) is 78.1 cm³/mol. The Morgan fingerprint density at radius 2 is 1.95 bits per heavy atom. The molecule has 2 aromatic rings. The van der Waals surface area contributed by atoms with Crippen molar-refractivity contribution in [3.8, 4) is 17.0 Å². The summed E-state index contributed by atoms with van der Waals surface area (Å²) >= 11 is 0. The Balaban J connectivity index is 2.30. The molecule has 0 fully saturated rings. The third-order valence-electron chi connectivity index (χ3n) is 2.97. The molecule has 1 aromatic carbocycles. The molecule has 4 heteroatoms. The maximum absolute atomic E-state index is 5.94. The van der Waals surface area contributed by atoms with E-state index < -0.39 is 0 Å². The lowest BCUT2D eigenvalue weighted by Gasteiger charge is -2.08. The zero-order chi connectivity index (χ0) is 13.8. The van der Waals surface area contributed by atoms with Gasteiger partial charge in [0.2, 0.25) is 0 Å². The summed E-state index contributed by atoms with van der Waals surface area (Å²) in [5, 5.41) is 7.16. The number of nitrogen functional groups attached to an aromatic ring is 1. The van der Waals surface area contributed by atoms with Crippen LogP contribution in [0.4, 0.5) is 5.82 Å². The van der Waals surface area contributed by atoms with Crippen molar-refractivity contribution in [2.75, 3.05) is 12.3 Å². The van der Waals surface area contributed by atoms with E-state index in [9.17, 15) is 0 Å². The van der Waals surface area contributed by atoms with E-state index in [1.807, 2.05) is 31.2 Å². The number of rotatable bonds is 5. The van der Waals surface area contributed by atoms with E-state index in [-0.39, 0.29) is 0 Å². The molecular formula is C15H21N3O. The normalized spacial score (nSPS) is 10.9. The third kappa shape index (κ3) is 3.08. The summed E-state index contributed by atoms with van der Waals surface area (Å²) in [5.41, 5.74) is 9.13. The number of anilines is 1. The van der Waals surface area contributed by atoms with Crippen LogP contribution in [0, 0.1) is 5.92 Å². The van der Waals surface area contributed by atoms with Gasteiger partial charge in [-0.25, -0.2) is 0 Å². The molecule has 0 saturated carbocycles. The van der Waals surface area contributed by atoms with E-state index in [0.29, 0.717) is 18.3 Å². The number of H-pyrrole nitrogens is 1. The van der Waals surface area contributed by atoms with Crippen molar-refractivity contribution >= 4 is 5.82 Å². The number of benzene rings is 1. The van der Waals surface area contributed by atoms with Crippen molar-refractivity contribution in [1.82, 2.24) is 10.2 Å². The molecule has 0 unspecified atom stereocenters. The summed E-state index contributed by atoms with van der Waals surface area (Å²) in [4.78, 5) is 0. The molecule has 0 amide bonds. The minimum absolute atomic E-state index is 0.543. The van der Waals surface area contributed by atoms with Gasteiger partial charge < -0.3 is 10.5 Å². The first kappa shape index (κ1) is 13.5. The zero-order valence-electron chi connectivity index (χ0n) is 11.7. The first-order chi connectivity index (χ1) is 9.11. The number of nitrogens with zero attached hydrogens (tertiary/aromatic N) is 1. The zero-order valence-corrected chi connectivity index (χ0v) is 11.7. The maximum Gasteiger partial charge on any atom is 0.149 e. The highest BCUT2D eigenvalue weighted by atomic mass is 16.5. The van der Waals surface area contributed by atoms with Crippen molar-refractivity contribution in [1.29, 1.82) is 0 Å². The Labute approximate surface area is 114 Å². The maximum atomic E-state index is 5.94. The van der Waals surface area contributed by atoms with Gasteiger partial charge in [-0.2, -0.15) is 5.10 Å². The molecule has 0 bridgehead atoms. The van der Waals surface area contributed by atoms with Crippen LogP contribution in [0.1, 0.15) is 26.3 Å². The molecule has 0 aliphatic heterocycles. The SMILES string of the molecule is CCOc1ccc(-c2[nH]nc(N)c2CC(C)C)cc1. The second-order valence-electron chi connectivity index (χ2n) is 5.02. The van der Waals surface area contributed by atoms with E-state index in [1.165, 1.54) is 0 Å². The summed E-state index contributed by atoms with van der Waals surface area (Å²) in [6, 6.07) is 7.99. The van der Waals surface area contributed by atoms with Crippen LogP contribution in [0.5, 0.6) is 5.75 Å². The van der Waals surface area contributed by atoms with E-state index >= 15 is 0 Å². The molecule has 4 nitrogen and oxygen atoms in total. The highest BCUT2D eigenvalue weighted by Crippen LogP contribution is 2.28. The Morgan fingerprint density at radius 1 is 1.26 bits per heavy atom. The van der Waals surface area contributed by atoms with Crippen LogP contribution in [0.25, 0.3) is 11.3 Å². The molecule has 0 radical (unpaired) electrons. The minimum atomic E-state index is 0.543. The Morgan fingerprint density at radius 3 is 2.53 bits per heavy atom. The van der Waals surface area contributed by atoms with Crippen LogP contribution in [0.2, 0.25) is 0 Å². The van der Waals surface area contributed by atoms with Crippen molar-refractivity contribution < 1.29 is 4.74 Å². The second-order valence-corrected chi connectivity index (χ2v) is 5.02. The molecule has 0 atom stereocenters. The van der Waals surface area contributed by atoms with Gasteiger partial charge in [0.25, 0.3) is 0 Å². The summed E-state index contributed by atoms with van der Waals surface area (Å²) in [6.07, 6.45) is 0.922. The van der Waals surface area contributed by atoms with Gasteiger partial charge >= 0.3 is 0 Å². The van der Waals surface area contributed by atoms with Gasteiger partial charge in [-0.05, 0) is 43.5 Å². The number of hydrogen-bond acceptors (Lipinski definition) is 3. The van der Waals surface area contributed by atoms with Gasteiger partial charge in [0.1, 0.15) is 11.6 Å². The monoisotopic (exact) mass is 259 g/mol. The molecule has 1 aromatic heterocycles. The smallest absolute Gasteiger partial charge is 0.149 e. The largest absolute Gasteiger partial charge is 0.494 e. The molecule has 3 N–H and O–H groups in total. The summed E-state index contributed by atoms with van der Waals surface area (Å²) in [5.74, 6) is 2.02. The van der Waals surface area contributed by atoms with Crippen LogP contribution < -0.4 is 10.5 Å². The molecule has 2 rings (SSSR count). The summed E-state index contributed by atoms with van der Waals surface area (Å²) < 4.78 is 5.45. The number of ether oxygens (including phenoxy) is 1. The average molecular weight is 259 g/mol.